The third kappa shape index (κ3) is 4.29. The lowest BCUT2D eigenvalue weighted by atomic mass is 9.72. The minimum atomic E-state index is -0.171. The average molecular weight is 342 g/mol. The quantitative estimate of drug-likeness (QED) is 0.811. The molecule has 0 amide bonds. The van der Waals surface area contributed by atoms with Crippen LogP contribution in [0.15, 0.2) is 22.7 Å². The normalized spacial score (nSPS) is 26.7. The summed E-state index contributed by atoms with van der Waals surface area (Å²) in [5.74, 6) is 2.13. The SMILES string of the molecule is CCNCC1CCC(C)CC1Cc1ccc(F)c(Br)c1. The molecule has 0 aliphatic heterocycles. The summed E-state index contributed by atoms with van der Waals surface area (Å²) in [4.78, 5) is 0. The Balaban J connectivity index is 2.04. The highest BCUT2D eigenvalue weighted by Gasteiger charge is 2.28. The fraction of sp³-hybridized carbons (Fsp3) is 0.647. The molecule has 1 aromatic carbocycles. The van der Waals surface area contributed by atoms with Gasteiger partial charge in [-0.15, -0.1) is 0 Å². The number of benzene rings is 1. The van der Waals surface area contributed by atoms with Crippen molar-refractivity contribution < 1.29 is 4.39 Å². The Bertz CT molecular complexity index is 433. The molecule has 0 aromatic heterocycles. The van der Waals surface area contributed by atoms with Crippen LogP contribution in [0.5, 0.6) is 0 Å². The van der Waals surface area contributed by atoms with Crippen LogP contribution in [0.1, 0.15) is 38.7 Å². The van der Waals surface area contributed by atoms with E-state index in [1.807, 2.05) is 12.1 Å². The fourth-order valence-corrected chi connectivity index (χ4v) is 3.81. The van der Waals surface area contributed by atoms with Crippen LogP contribution in [0.2, 0.25) is 0 Å². The van der Waals surface area contributed by atoms with E-state index in [1.54, 1.807) is 6.07 Å². The molecule has 1 N–H and O–H groups in total. The van der Waals surface area contributed by atoms with Crippen molar-refractivity contribution >= 4 is 15.9 Å². The maximum absolute atomic E-state index is 13.3. The maximum Gasteiger partial charge on any atom is 0.137 e. The lowest BCUT2D eigenvalue weighted by Crippen LogP contribution is -2.33. The van der Waals surface area contributed by atoms with Crippen LogP contribution in [-0.4, -0.2) is 13.1 Å². The molecule has 0 radical (unpaired) electrons. The van der Waals surface area contributed by atoms with E-state index in [-0.39, 0.29) is 5.82 Å². The third-order valence-corrected chi connectivity index (χ3v) is 5.15. The smallest absolute Gasteiger partial charge is 0.137 e. The van der Waals surface area contributed by atoms with E-state index in [2.05, 4.69) is 35.1 Å². The molecular formula is C17H25BrFN. The molecule has 112 valence electrons. The summed E-state index contributed by atoms with van der Waals surface area (Å²) >= 11 is 3.29. The molecule has 1 aliphatic rings. The molecule has 3 atom stereocenters. The van der Waals surface area contributed by atoms with Crippen molar-refractivity contribution in [3.63, 3.8) is 0 Å². The highest BCUT2D eigenvalue weighted by molar-refractivity contribution is 9.10. The summed E-state index contributed by atoms with van der Waals surface area (Å²) in [6.45, 7) is 6.69. The van der Waals surface area contributed by atoms with Crippen LogP contribution in [0.3, 0.4) is 0 Å². The lowest BCUT2D eigenvalue weighted by Gasteiger charge is -2.35. The van der Waals surface area contributed by atoms with Gasteiger partial charge in [-0.1, -0.05) is 26.3 Å². The lowest BCUT2D eigenvalue weighted by molar-refractivity contribution is 0.184. The summed E-state index contributed by atoms with van der Waals surface area (Å²) in [6.07, 6.45) is 5.03. The number of rotatable bonds is 5. The zero-order valence-electron chi connectivity index (χ0n) is 12.5. The van der Waals surface area contributed by atoms with Crippen LogP contribution in [0.4, 0.5) is 4.39 Å². The Hall–Kier alpha value is -0.410. The number of nitrogens with one attached hydrogen (secondary N) is 1. The number of halogens is 2. The van der Waals surface area contributed by atoms with Crippen LogP contribution < -0.4 is 5.32 Å². The zero-order valence-corrected chi connectivity index (χ0v) is 14.0. The van der Waals surface area contributed by atoms with Gasteiger partial charge in [-0.3, -0.25) is 0 Å². The second-order valence-electron chi connectivity index (χ2n) is 6.20. The van der Waals surface area contributed by atoms with Gasteiger partial charge in [0.15, 0.2) is 0 Å². The summed E-state index contributed by atoms with van der Waals surface area (Å²) in [5.41, 5.74) is 1.25. The van der Waals surface area contributed by atoms with Gasteiger partial charge in [-0.05, 0) is 83.7 Å². The van der Waals surface area contributed by atoms with Crippen LogP contribution in [-0.2, 0) is 6.42 Å². The Labute approximate surface area is 130 Å². The molecule has 20 heavy (non-hydrogen) atoms. The third-order valence-electron chi connectivity index (χ3n) is 4.54. The highest BCUT2D eigenvalue weighted by atomic mass is 79.9. The van der Waals surface area contributed by atoms with E-state index >= 15 is 0 Å². The predicted octanol–water partition coefficient (Wildman–Crippen LogP) is 4.79. The van der Waals surface area contributed by atoms with Gasteiger partial charge in [0.25, 0.3) is 0 Å². The molecule has 1 aromatic rings. The second-order valence-corrected chi connectivity index (χ2v) is 7.05. The Morgan fingerprint density at radius 3 is 2.80 bits per heavy atom. The topological polar surface area (TPSA) is 12.0 Å². The van der Waals surface area contributed by atoms with Gasteiger partial charge in [0.1, 0.15) is 5.82 Å². The first-order valence-electron chi connectivity index (χ1n) is 7.74. The predicted molar refractivity (Wildman–Crippen MR) is 86.3 cm³/mol. The van der Waals surface area contributed by atoms with Gasteiger partial charge in [0.05, 0.1) is 4.47 Å². The number of hydrogen-bond donors (Lipinski definition) is 1. The van der Waals surface area contributed by atoms with Gasteiger partial charge >= 0.3 is 0 Å². The molecule has 1 aliphatic carbocycles. The molecule has 2 rings (SSSR count). The van der Waals surface area contributed by atoms with Crippen molar-refractivity contribution in [2.24, 2.45) is 17.8 Å². The van der Waals surface area contributed by atoms with E-state index in [9.17, 15) is 4.39 Å². The van der Waals surface area contributed by atoms with Gasteiger partial charge in [-0.2, -0.15) is 0 Å². The maximum atomic E-state index is 13.3. The number of hydrogen-bond acceptors (Lipinski definition) is 1. The Morgan fingerprint density at radius 1 is 1.30 bits per heavy atom. The van der Waals surface area contributed by atoms with Crippen molar-refractivity contribution in [3.8, 4) is 0 Å². The van der Waals surface area contributed by atoms with Crippen molar-refractivity contribution in [1.29, 1.82) is 0 Å². The van der Waals surface area contributed by atoms with E-state index in [0.29, 0.717) is 4.47 Å². The molecule has 3 unspecified atom stereocenters. The average Bonchev–Trinajstić information content (AvgIpc) is 2.42. The summed E-state index contributed by atoms with van der Waals surface area (Å²) < 4.78 is 13.9. The zero-order chi connectivity index (χ0) is 14.5. The Kier molecular flexibility index (Phi) is 6.03. The fourth-order valence-electron chi connectivity index (χ4n) is 3.38. The van der Waals surface area contributed by atoms with Crippen LogP contribution in [0.25, 0.3) is 0 Å². The largest absolute Gasteiger partial charge is 0.317 e. The van der Waals surface area contributed by atoms with Crippen LogP contribution >= 0.6 is 15.9 Å². The minimum absolute atomic E-state index is 0.171. The van der Waals surface area contributed by atoms with E-state index in [4.69, 9.17) is 0 Å². The molecule has 0 bridgehead atoms. The standard InChI is InChI=1S/C17H25BrFN/c1-3-20-11-14-6-4-12(2)8-15(14)9-13-5-7-17(19)16(18)10-13/h5,7,10,12,14-15,20H,3-4,6,8-9,11H2,1-2H3. The van der Waals surface area contributed by atoms with Crippen molar-refractivity contribution in [1.82, 2.24) is 5.32 Å². The van der Waals surface area contributed by atoms with Crippen LogP contribution in [0, 0.1) is 23.6 Å². The molecule has 0 heterocycles. The summed E-state index contributed by atoms with van der Waals surface area (Å²) in [7, 11) is 0. The molecule has 0 saturated heterocycles. The molecule has 3 heteroatoms. The molecule has 1 fully saturated rings. The molecule has 1 nitrogen and oxygen atoms in total. The summed E-state index contributed by atoms with van der Waals surface area (Å²) in [6, 6.07) is 5.45. The molecular weight excluding hydrogens is 317 g/mol. The van der Waals surface area contributed by atoms with Gasteiger partial charge in [-0.25, -0.2) is 4.39 Å². The van der Waals surface area contributed by atoms with E-state index < -0.39 is 0 Å². The Morgan fingerprint density at radius 2 is 2.10 bits per heavy atom. The first kappa shape index (κ1) is 16.0. The highest BCUT2D eigenvalue weighted by Crippen LogP contribution is 2.36. The van der Waals surface area contributed by atoms with Gasteiger partial charge in [0.2, 0.25) is 0 Å². The molecule has 0 spiro atoms. The first-order valence-corrected chi connectivity index (χ1v) is 8.54. The molecule has 1 saturated carbocycles. The monoisotopic (exact) mass is 341 g/mol. The second kappa shape index (κ2) is 7.56. The van der Waals surface area contributed by atoms with E-state index in [0.717, 1.165) is 37.3 Å². The van der Waals surface area contributed by atoms with Crippen molar-refractivity contribution in [3.05, 3.63) is 34.1 Å². The van der Waals surface area contributed by atoms with Crippen molar-refractivity contribution in [2.45, 2.75) is 39.5 Å². The van der Waals surface area contributed by atoms with Gasteiger partial charge in [0, 0.05) is 0 Å². The first-order chi connectivity index (χ1) is 9.60. The van der Waals surface area contributed by atoms with E-state index in [1.165, 1.54) is 24.8 Å². The van der Waals surface area contributed by atoms with Gasteiger partial charge < -0.3 is 5.32 Å². The van der Waals surface area contributed by atoms with Crippen molar-refractivity contribution in [2.75, 3.05) is 13.1 Å². The minimum Gasteiger partial charge on any atom is -0.317 e. The summed E-state index contributed by atoms with van der Waals surface area (Å²) in [5, 5.41) is 3.50.